The lowest BCUT2D eigenvalue weighted by atomic mass is 9.53. The van der Waals surface area contributed by atoms with Crippen LogP contribution < -0.4 is 0 Å². The fraction of sp³-hybridized carbons (Fsp3) is 1.00. The highest BCUT2D eigenvalue weighted by Crippen LogP contribution is 2.22. The van der Waals surface area contributed by atoms with Gasteiger partial charge in [0.1, 0.15) is 0 Å². The van der Waals surface area contributed by atoms with Gasteiger partial charge in [0.25, 0.3) is 0 Å². The molecular formula is C20H46B2N2. The number of hydrogen-bond acceptors (Lipinski definition) is 2. The lowest BCUT2D eigenvalue weighted by molar-refractivity contribution is 0.219. The Hall–Kier alpha value is 0.0499. The van der Waals surface area contributed by atoms with Crippen molar-refractivity contribution in [3.8, 4) is 0 Å². The molecule has 2 nitrogen and oxygen atoms in total. The van der Waals surface area contributed by atoms with Crippen molar-refractivity contribution in [2.24, 2.45) is 0 Å². The van der Waals surface area contributed by atoms with Gasteiger partial charge in [0.15, 0.2) is 0 Å². The highest BCUT2D eigenvalue weighted by atomic mass is 15.1. The van der Waals surface area contributed by atoms with Crippen molar-refractivity contribution in [3.63, 3.8) is 0 Å². The first-order valence-electron chi connectivity index (χ1n) is 10.6. The number of rotatable bonds is 11. The maximum absolute atomic E-state index is 2.74. The molecule has 0 saturated heterocycles. The van der Waals surface area contributed by atoms with Crippen molar-refractivity contribution >= 4 is 13.7 Å². The van der Waals surface area contributed by atoms with Gasteiger partial charge in [-0.15, -0.1) is 0 Å². The van der Waals surface area contributed by atoms with E-state index >= 15 is 0 Å². The summed E-state index contributed by atoms with van der Waals surface area (Å²) in [4.78, 5) is 5.48. The molecule has 0 saturated carbocycles. The first-order valence-corrected chi connectivity index (χ1v) is 10.6. The second-order valence-corrected chi connectivity index (χ2v) is 9.38. The van der Waals surface area contributed by atoms with Crippen LogP contribution in [0.3, 0.4) is 0 Å². The fourth-order valence-electron chi connectivity index (χ4n) is 4.15. The summed E-state index contributed by atoms with van der Waals surface area (Å²) in [6, 6.07) is 0. The SMILES string of the molecule is CCB(CC)N(CCCCN(B(CC)CC)C(C)(C)C)C(C)(C)C. The van der Waals surface area contributed by atoms with Gasteiger partial charge in [-0.05, 0) is 67.5 Å². The largest absolute Gasteiger partial charge is 0.337 e. The molecule has 0 amide bonds. The summed E-state index contributed by atoms with van der Waals surface area (Å²) in [7, 11) is 0. The first-order chi connectivity index (χ1) is 11.0. The maximum Gasteiger partial charge on any atom is 0.223 e. The minimum absolute atomic E-state index is 0.274. The predicted octanol–water partition coefficient (Wildman–Crippen LogP) is 6.03. The van der Waals surface area contributed by atoms with Crippen molar-refractivity contribution in [1.29, 1.82) is 0 Å². The van der Waals surface area contributed by atoms with Crippen molar-refractivity contribution in [2.75, 3.05) is 13.1 Å². The Balaban J connectivity index is 4.69. The van der Waals surface area contributed by atoms with Crippen LogP contribution >= 0.6 is 0 Å². The van der Waals surface area contributed by atoms with Crippen LogP contribution in [0.5, 0.6) is 0 Å². The van der Waals surface area contributed by atoms with E-state index in [0.29, 0.717) is 0 Å². The number of unbranched alkanes of at least 4 members (excludes halogenated alkanes) is 1. The average Bonchev–Trinajstić information content (AvgIpc) is 2.47. The molecule has 0 unspecified atom stereocenters. The Labute approximate surface area is 155 Å². The maximum atomic E-state index is 2.74. The van der Waals surface area contributed by atoms with Crippen LogP contribution in [0.15, 0.2) is 0 Å². The molecule has 4 heteroatoms. The van der Waals surface area contributed by atoms with Crippen molar-refractivity contribution in [2.45, 2.75) is 118 Å². The predicted molar refractivity (Wildman–Crippen MR) is 116 cm³/mol. The van der Waals surface area contributed by atoms with E-state index < -0.39 is 0 Å². The molecule has 0 spiro atoms. The molecule has 0 fully saturated rings. The van der Waals surface area contributed by atoms with E-state index in [2.05, 4.69) is 78.9 Å². The Morgan fingerprint density at radius 3 is 0.958 bits per heavy atom. The van der Waals surface area contributed by atoms with E-state index in [-0.39, 0.29) is 11.1 Å². The quantitative estimate of drug-likeness (QED) is 0.336. The van der Waals surface area contributed by atoms with Gasteiger partial charge < -0.3 is 9.62 Å². The summed E-state index contributed by atoms with van der Waals surface area (Å²) in [5.74, 6) is 0. The second kappa shape index (κ2) is 10.9. The van der Waals surface area contributed by atoms with Crippen molar-refractivity contribution in [1.82, 2.24) is 9.62 Å². The summed E-state index contributed by atoms with van der Waals surface area (Å²) >= 11 is 0. The molecule has 0 bridgehead atoms. The lowest BCUT2D eigenvalue weighted by Gasteiger charge is -2.42. The Morgan fingerprint density at radius 1 is 0.542 bits per heavy atom. The van der Waals surface area contributed by atoms with Crippen LogP contribution in [0.25, 0.3) is 0 Å². The van der Waals surface area contributed by atoms with E-state index in [9.17, 15) is 0 Å². The van der Waals surface area contributed by atoms with Gasteiger partial charge in [0.2, 0.25) is 13.7 Å². The normalized spacial score (nSPS) is 13.0. The van der Waals surface area contributed by atoms with Crippen LogP contribution in [0, 0.1) is 0 Å². The van der Waals surface area contributed by atoms with Gasteiger partial charge in [-0.1, -0.05) is 53.0 Å². The molecule has 0 N–H and O–H groups in total. The molecule has 0 radical (unpaired) electrons. The number of nitrogens with zero attached hydrogens (tertiary/aromatic N) is 2. The molecular weight excluding hydrogens is 290 g/mol. The smallest absolute Gasteiger partial charge is 0.223 e. The Bertz CT molecular complexity index is 281. The van der Waals surface area contributed by atoms with Crippen molar-refractivity contribution in [3.05, 3.63) is 0 Å². The summed E-state index contributed by atoms with van der Waals surface area (Å²) < 4.78 is 0. The van der Waals surface area contributed by atoms with Gasteiger partial charge >= 0.3 is 0 Å². The van der Waals surface area contributed by atoms with Crippen molar-refractivity contribution < 1.29 is 0 Å². The van der Waals surface area contributed by atoms with E-state index in [0.717, 1.165) is 13.7 Å². The third-order valence-electron chi connectivity index (χ3n) is 5.54. The molecule has 142 valence electrons. The van der Waals surface area contributed by atoms with E-state index in [1.54, 1.807) is 0 Å². The van der Waals surface area contributed by atoms with E-state index in [4.69, 9.17) is 0 Å². The third-order valence-corrected chi connectivity index (χ3v) is 5.54. The summed E-state index contributed by atoms with van der Waals surface area (Å²) in [5, 5.41) is 0. The first kappa shape index (κ1) is 24.0. The van der Waals surface area contributed by atoms with E-state index in [1.165, 1.54) is 51.2 Å². The van der Waals surface area contributed by atoms with Crippen LogP contribution in [-0.4, -0.2) is 47.5 Å². The second-order valence-electron chi connectivity index (χ2n) is 9.38. The number of hydrogen-bond donors (Lipinski definition) is 0. The molecule has 0 heterocycles. The minimum Gasteiger partial charge on any atom is -0.337 e. The topological polar surface area (TPSA) is 6.48 Å². The minimum atomic E-state index is 0.274. The summed E-state index contributed by atoms with van der Waals surface area (Å²) in [6.45, 7) is 27.5. The monoisotopic (exact) mass is 336 g/mol. The summed E-state index contributed by atoms with van der Waals surface area (Å²) in [6.07, 6.45) is 7.65. The van der Waals surface area contributed by atoms with Crippen LogP contribution in [0.2, 0.25) is 25.3 Å². The van der Waals surface area contributed by atoms with Crippen LogP contribution in [-0.2, 0) is 0 Å². The lowest BCUT2D eigenvalue weighted by Crippen LogP contribution is -2.52. The van der Waals surface area contributed by atoms with Crippen LogP contribution in [0.1, 0.15) is 82.1 Å². The summed E-state index contributed by atoms with van der Waals surface area (Å²) in [5.41, 5.74) is 0.547. The Kier molecular flexibility index (Phi) is 10.9. The highest BCUT2D eigenvalue weighted by molar-refractivity contribution is 6.56. The zero-order valence-electron chi connectivity index (χ0n) is 18.7. The highest BCUT2D eigenvalue weighted by Gasteiger charge is 2.30. The fourth-order valence-corrected chi connectivity index (χ4v) is 4.15. The third kappa shape index (κ3) is 7.95. The van der Waals surface area contributed by atoms with Gasteiger partial charge in [-0.2, -0.15) is 0 Å². The molecule has 0 aliphatic heterocycles. The van der Waals surface area contributed by atoms with Gasteiger partial charge in [-0.3, -0.25) is 0 Å². The van der Waals surface area contributed by atoms with Gasteiger partial charge in [0, 0.05) is 11.1 Å². The zero-order valence-corrected chi connectivity index (χ0v) is 18.7. The molecule has 0 aromatic heterocycles. The average molecular weight is 336 g/mol. The Morgan fingerprint density at radius 2 is 0.792 bits per heavy atom. The molecule has 0 aromatic carbocycles. The standard InChI is InChI=1S/C20H46B2N2/c1-11-21(12-2)23(19(5,6)7)17-15-16-18-24(20(8,9)10)22(13-3)14-4/h11-18H2,1-10H3. The molecule has 0 aliphatic carbocycles. The van der Waals surface area contributed by atoms with Gasteiger partial charge in [-0.25, -0.2) is 0 Å². The molecule has 0 aliphatic rings. The molecule has 0 rings (SSSR count). The zero-order chi connectivity index (χ0) is 19.0. The molecule has 24 heavy (non-hydrogen) atoms. The van der Waals surface area contributed by atoms with Gasteiger partial charge in [0.05, 0.1) is 0 Å². The van der Waals surface area contributed by atoms with Crippen LogP contribution in [0.4, 0.5) is 0 Å². The molecule has 0 atom stereocenters. The van der Waals surface area contributed by atoms with E-state index in [1.807, 2.05) is 0 Å². The molecule has 0 aromatic rings.